The van der Waals surface area contributed by atoms with Crippen LogP contribution in [-0.2, 0) is 6.54 Å². The van der Waals surface area contributed by atoms with Crippen LogP contribution in [0.25, 0.3) is 10.2 Å². The van der Waals surface area contributed by atoms with Crippen LogP contribution in [0.4, 0.5) is 9.52 Å². The van der Waals surface area contributed by atoms with Crippen molar-refractivity contribution in [2.45, 2.75) is 6.54 Å². The highest BCUT2D eigenvalue weighted by molar-refractivity contribution is 7.22. The summed E-state index contributed by atoms with van der Waals surface area (Å²) in [5, 5.41) is 3.84. The number of anilines is 1. The second-order valence-electron chi connectivity index (χ2n) is 3.54. The molecule has 0 radical (unpaired) electrons. The summed E-state index contributed by atoms with van der Waals surface area (Å²) in [6.07, 6.45) is 3.36. The quantitative estimate of drug-likeness (QED) is 0.749. The number of rotatable bonds is 3. The Labute approximate surface area is 101 Å². The van der Waals surface area contributed by atoms with Gasteiger partial charge < -0.3 is 10.3 Å². The van der Waals surface area contributed by atoms with E-state index in [1.165, 1.54) is 17.4 Å². The summed E-state index contributed by atoms with van der Waals surface area (Å²) in [5.74, 6) is -0.284. The number of para-hydroxylation sites is 1. The molecule has 0 saturated heterocycles. The molecule has 0 fully saturated rings. The molecule has 0 atom stereocenters. The summed E-state index contributed by atoms with van der Waals surface area (Å²) in [7, 11) is 0. The zero-order chi connectivity index (χ0) is 11.7. The molecule has 0 aliphatic rings. The fourth-order valence-electron chi connectivity index (χ4n) is 1.54. The molecule has 0 saturated carbocycles. The Hall–Kier alpha value is -1.95. The molecule has 0 spiro atoms. The monoisotopic (exact) mass is 248 g/mol. The Kier molecular flexibility index (Phi) is 2.49. The standard InChI is InChI=1S/C11H9FN4S/c12-8-2-1-3-9-10(8)16-11(17-9)14-5-7-4-13-6-15-7/h1-4,6H,5H2,(H,13,15)(H,14,16). The zero-order valence-corrected chi connectivity index (χ0v) is 9.59. The van der Waals surface area contributed by atoms with E-state index in [-0.39, 0.29) is 5.82 Å². The fourth-order valence-corrected chi connectivity index (χ4v) is 2.42. The number of thiazole rings is 1. The number of nitrogens with one attached hydrogen (secondary N) is 2. The summed E-state index contributed by atoms with van der Waals surface area (Å²) < 4.78 is 14.3. The number of H-pyrrole nitrogens is 1. The maximum Gasteiger partial charge on any atom is 0.184 e. The molecule has 0 aliphatic carbocycles. The van der Waals surface area contributed by atoms with Crippen molar-refractivity contribution in [1.29, 1.82) is 0 Å². The van der Waals surface area contributed by atoms with Gasteiger partial charge in [-0.2, -0.15) is 0 Å². The Morgan fingerprint density at radius 2 is 2.35 bits per heavy atom. The van der Waals surface area contributed by atoms with Crippen LogP contribution < -0.4 is 5.32 Å². The molecule has 6 heteroatoms. The minimum Gasteiger partial charge on any atom is -0.356 e. The largest absolute Gasteiger partial charge is 0.356 e. The lowest BCUT2D eigenvalue weighted by Gasteiger charge is -1.97. The Morgan fingerprint density at radius 1 is 1.41 bits per heavy atom. The van der Waals surface area contributed by atoms with E-state index in [1.807, 2.05) is 6.07 Å². The lowest BCUT2D eigenvalue weighted by molar-refractivity contribution is 0.637. The van der Waals surface area contributed by atoms with Crippen LogP contribution in [0.5, 0.6) is 0 Å². The van der Waals surface area contributed by atoms with Gasteiger partial charge in [0, 0.05) is 6.20 Å². The summed E-state index contributed by atoms with van der Waals surface area (Å²) in [5.41, 5.74) is 1.38. The molecule has 2 heterocycles. The van der Waals surface area contributed by atoms with Gasteiger partial charge in [0.2, 0.25) is 0 Å². The van der Waals surface area contributed by atoms with Crippen LogP contribution in [-0.4, -0.2) is 15.0 Å². The van der Waals surface area contributed by atoms with E-state index in [2.05, 4.69) is 20.3 Å². The third kappa shape index (κ3) is 1.99. The molecule has 0 bridgehead atoms. The van der Waals surface area contributed by atoms with Crippen LogP contribution >= 0.6 is 11.3 Å². The van der Waals surface area contributed by atoms with Crippen molar-refractivity contribution in [3.8, 4) is 0 Å². The number of hydrogen-bond acceptors (Lipinski definition) is 4. The highest BCUT2D eigenvalue weighted by Crippen LogP contribution is 2.27. The zero-order valence-electron chi connectivity index (χ0n) is 8.77. The average Bonchev–Trinajstić information content (AvgIpc) is 2.95. The van der Waals surface area contributed by atoms with Gasteiger partial charge in [-0.1, -0.05) is 17.4 Å². The van der Waals surface area contributed by atoms with E-state index in [9.17, 15) is 4.39 Å². The van der Waals surface area contributed by atoms with Crippen LogP contribution in [0.15, 0.2) is 30.7 Å². The molecular weight excluding hydrogens is 239 g/mol. The van der Waals surface area contributed by atoms with Crippen molar-refractivity contribution in [3.05, 3.63) is 42.2 Å². The molecule has 86 valence electrons. The summed E-state index contributed by atoms with van der Waals surface area (Å²) in [6, 6.07) is 4.96. The number of imidazole rings is 1. The minimum absolute atomic E-state index is 0.284. The third-order valence-electron chi connectivity index (χ3n) is 2.35. The van der Waals surface area contributed by atoms with Crippen LogP contribution in [0, 0.1) is 5.82 Å². The van der Waals surface area contributed by atoms with Crippen molar-refractivity contribution in [2.75, 3.05) is 5.32 Å². The first-order valence-corrected chi connectivity index (χ1v) is 5.91. The van der Waals surface area contributed by atoms with Gasteiger partial charge in [-0.15, -0.1) is 0 Å². The van der Waals surface area contributed by atoms with Gasteiger partial charge in [0.25, 0.3) is 0 Å². The van der Waals surface area contributed by atoms with E-state index in [0.717, 1.165) is 10.4 Å². The molecule has 0 amide bonds. The predicted molar refractivity (Wildman–Crippen MR) is 65.5 cm³/mol. The van der Waals surface area contributed by atoms with Gasteiger partial charge in [-0.05, 0) is 12.1 Å². The second-order valence-corrected chi connectivity index (χ2v) is 4.57. The molecule has 2 N–H and O–H groups in total. The van der Waals surface area contributed by atoms with E-state index >= 15 is 0 Å². The fraction of sp³-hybridized carbons (Fsp3) is 0.0909. The van der Waals surface area contributed by atoms with Crippen molar-refractivity contribution in [2.24, 2.45) is 0 Å². The lowest BCUT2D eigenvalue weighted by Crippen LogP contribution is -1.98. The molecule has 1 aromatic carbocycles. The highest BCUT2D eigenvalue weighted by Gasteiger charge is 2.07. The molecule has 0 unspecified atom stereocenters. The molecule has 3 rings (SSSR count). The maximum atomic E-state index is 13.4. The average molecular weight is 248 g/mol. The van der Waals surface area contributed by atoms with Gasteiger partial charge in [-0.3, -0.25) is 0 Å². The van der Waals surface area contributed by atoms with Gasteiger partial charge in [0.15, 0.2) is 5.13 Å². The first kappa shape index (κ1) is 10.2. The number of nitrogens with zero attached hydrogens (tertiary/aromatic N) is 2. The van der Waals surface area contributed by atoms with Gasteiger partial charge in [0.05, 0.1) is 23.3 Å². The first-order chi connectivity index (χ1) is 8.33. The summed E-state index contributed by atoms with van der Waals surface area (Å²) in [6.45, 7) is 0.599. The topological polar surface area (TPSA) is 53.6 Å². The van der Waals surface area contributed by atoms with E-state index in [0.29, 0.717) is 17.2 Å². The second kappa shape index (κ2) is 4.14. The number of aromatic amines is 1. The van der Waals surface area contributed by atoms with Crippen LogP contribution in [0.2, 0.25) is 0 Å². The normalized spacial score (nSPS) is 10.9. The minimum atomic E-state index is -0.284. The van der Waals surface area contributed by atoms with Gasteiger partial charge >= 0.3 is 0 Å². The Balaban J connectivity index is 1.84. The molecule has 3 aromatic rings. The van der Waals surface area contributed by atoms with Gasteiger partial charge in [0.1, 0.15) is 11.3 Å². The summed E-state index contributed by atoms with van der Waals surface area (Å²) in [4.78, 5) is 11.1. The molecular formula is C11H9FN4S. The number of hydrogen-bond donors (Lipinski definition) is 2. The van der Waals surface area contributed by atoms with E-state index in [1.54, 1.807) is 18.6 Å². The molecule has 0 aliphatic heterocycles. The van der Waals surface area contributed by atoms with Crippen molar-refractivity contribution in [3.63, 3.8) is 0 Å². The van der Waals surface area contributed by atoms with Crippen LogP contribution in [0.3, 0.4) is 0 Å². The first-order valence-electron chi connectivity index (χ1n) is 5.09. The smallest absolute Gasteiger partial charge is 0.184 e. The van der Waals surface area contributed by atoms with Crippen molar-refractivity contribution >= 4 is 26.7 Å². The molecule has 4 nitrogen and oxygen atoms in total. The number of benzene rings is 1. The number of fused-ring (bicyclic) bond motifs is 1. The van der Waals surface area contributed by atoms with Crippen molar-refractivity contribution in [1.82, 2.24) is 15.0 Å². The SMILES string of the molecule is Fc1cccc2sc(NCc3cnc[nH]3)nc12. The molecule has 2 aromatic heterocycles. The molecule has 17 heavy (non-hydrogen) atoms. The van der Waals surface area contributed by atoms with E-state index in [4.69, 9.17) is 0 Å². The summed E-state index contributed by atoms with van der Waals surface area (Å²) >= 11 is 1.44. The van der Waals surface area contributed by atoms with Crippen molar-refractivity contribution < 1.29 is 4.39 Å². The Bertz CT molecular complexity index is 632. The number of aromatic nitrogens is 3. The maximum absolute atomic E-state index is 13.4. The predicted octanol–water partition coefficient (Wildman–Crippen LogP) is 2.77. The Morgan fingerprint density at radius 3 is 3.12 bits per heavy atom. The number of halogens is 1. The van der Waals surface area contributed by atoms with Gasteiger partial charge in [-0.25, -0.2) is 14.4 Å². The highest BCUT2D eigenvalue weighted by atomic mass is 32.1. The van der Waals surface area contributed by atoms with Crippen LogP contribution in [0.1, 0.15) is 5.69 Å². The lowest BCUT2D eigenvalue weighted by atomic mass is 10.3. The third-order valence-corrected chi connectivity index (χ3v) is 3.33. The van der Waals surface area contributed by atoms with E-state index < -0.39 is 0 Å².